The van der Waals surface area contributed by atoms with Gasteiger partial charge in [-0.3, -0.25) is 0 Å². The number of carbonyl (C=O) groups is 1. The molecule has 0 saturated heterocycles. The molecular formula is C11H13BrFNO5S. The molecule has 0 bridgehead atoms. The Morgan fingerprint density at radius 2 is 2.10 bits per heavy atom. The largest absolute Gasteiger partial charge is 0.478 e. The van der Waals surface area contributed by atoms with E-state index in [1.807, 2.05) is 0 Å². The van der Waals surface area contributed by atoms with Gasteiger partial charge in [0.05, 0.1) is 5.56 Å². The van der Waals surface area contributed by atoms with Crippen molar-refractivity contribution >= 4 is 31.9 Å². The van der Waals surface area contributed by atoms with Gasteiger partial charge < -0.3 is 10.2 Å². The first-order chi connectivity index (χ1) is 9.19. The Morgan fingerprint density at radius 3 is 2.60 bits per heavy atom. The quantitative estimate of drug-likeness (QED) is 0.701. The fraction of sp³-hybridized carbons (Fsp3) is 0.364. The summed E-state index contributed by atoms with van der Waals surface area (Å²) in [5.41, 5.74) is -0.741. The lowest BCUT2D eigenvalue weighted by molar-refractivity contribution is 0.0691. The molecule has 6 nitrogen and oxygen atoms in total. The van der Waals surface area contributed by atoms with E-state index < -0.39 is 38.3 Å². The van der Waals surface area contributed by atoms with Crippen LogP contribution in [0.1, 0.15) is 23.7 Å². The molecule has 1 atom stereocenters. The van der Waals surface area contributed by atoms with E-state index in [0.29, 0.717) is 0 Å². The highest BCUT2D eigenvalue weighted by Crippen LogP contribution is 2.24. The van der Waals surface area contributed by atoms with Crippen molar-refractivity contribution in [1.82, 2.24) is 4.72 Å². The molecule has 0 spiro atoms. The number of halogens is 2. The third kappa shape index (κ3) is 3.98. The van der Waals surface area contributed by atoms with E-state index in [9.17, 15) is 17.6 Å². The lowest BCUT2D eigenvalue weighted by atomic mass is 10.2. The number of aliphatic hydroxyl groups excluding tert-OH is 1. The van der Waals surface area contributed by atoms with Crippen molar-refractivity contribution in [3.8, 4) is 0 Å². The molecule has 0 aliphatic carbocycles. The monoisotopic (exact) mass is 369 g/mol. The molecule has 20 heavy (non-hydrogen) atoms. The zero-order chi connectivity index (χ0) is 15.5. The normalized spacial score (nSPS) is 13.2. The van der Waals surface area contributed by atoms with Crippen molar-refractivity contribution in [3.63, 3.8) is 0 Å². The summed E-state index contributed by atoms with van der Waals surface area (Å²) in [4.78, 5) is 10.1. The van der Waals surface area contributed by atoms with Gasteiger partial charge in [-0.25, -0.2) is 22.3 Å². The van der Waals surface area contributed by atoms with E-state index in [1.165, 1.54) is 6.92 Å². The highest BCUT2D eigenvalue weighted by molar-refractivity contribution is 9.10. The van der Waals surface area contributed by atoms with Gasteiger partial charge in [0, 0.05) is 17.1 Å². The fourth-order valence-corrected chi connectivity index (χ4v) is 3.51. The van der Waals surface area contributed by atoms with Crippen molar-refractivity contribution in [1.29, 1.82) is 0 Å². The fourth-order valence-electron chi connectivity index (χ4n) is 1.50. The van der Waals surface area contributed by atoms with Crippen molar-refractivity contribution < 1.29 is 27.8 Å². The number of hydrogen-bond donors (Lipinski definition) is 3. The lowest BCUT2D eigenvalue weighted by Crippen LogP contribution is -2.34. The van der Waals surface area contributed by atoms with Gasteiger partial charge in [-0.1, -0.05) is 15.9 Å². The van der Waals surface area contributed by atoms with Crippen LogP contribution in [0.5, 0.6) is 0 Å². The Morgan fingerprint density at radius 1 is 1.50 bits per heavy atom. The molecule has 1 unspecified atom stereocenters. The van der Waals surface area contributed by atoms with Gasteiger partial charge in [0.25, 0.3) is 0 Å². The second kappa shape index (κ2) is 6.61. The smallest absolute Gasteiger partial charge is 0.338 e. The maximum absolute atomic E-state index is 14.0. The average Bonchev–Trinajstić information content (AvgIpc) is 2.30. The van der Waals surface area contributed by atoms with E-state index in [0.717, 1.165) is 12.1 Å². The van der Waals surface area contributed by atoms with Crippen molar-refractivity contribution in [2.45, 2.75) is 24.3 Å². The van der Waals surface area contributed by atoms with E-state index >= 15 is 0 Å². The molecule has 0 radical (unpaired) electrons. The molecular weight excluding hydrogens is 357 g/mol. The van der Waals surface area contributed by atoms with Crippen LogP contribution < -0.4 is 4.72 Å². The van der Waals surface area contributed by atoms with Crippen molar-refractivity contribution in [2.24, 2.45) is 0 Å². The van der Waals surface area contributed by atoms with Crippen molar-refractivity contribution in [3.05, 3.63) is 28.0 Å². The van der Waals surface area contributed by atoms with Crippen LogP contribution in [0, 0.1) is 5.82 Å². The van der Waals surface area contributed by atoms with Crippen molar-refractivity contribution in [2.75, 3.05) is 6.61 Å². The summed E-state index contributed by atoms with van der Waals surface area (Å²) in [7, 11) is -4.22. The number of sulfonamides is 1. The molecule has 0 aliphatic rings. The van der Waals surface area contributed by atoms with E-state index in [1.54, 1.807) is 0 Å². The van der Waals surface area contributed by atoms with Gasteiger partial charge in [0.1, 0.15) is 4.90 Å². The number of aromatic carboxylic acids is 1. The predicted octanol–water partition coefficient (Wildman–Crippen LogP) is 1.34. The first-order valence-electron chi connectivity index (χ1n) is 5.54. The topological polar surface area (TPSA) is 104 Å². The van der Waals surface area contributed by atoms with Crippen LogP contribution in [-0.4, -0.2) is 37.2 Å². The molecule has 0 aliphatic heterocycles. The Balaban J connectivity index is 3.28. The average molecular weight is 370 g/mol. The van der Waals surface area contributed by atoms with Crippen LogP contribution in [0.15, 0.2) is 21.5 Å². The van der Waals surface area contributed by atoms with Gasteiger partial charge in [-0.05, 0) is 25.5 Å². The zero-order valence-corrected chi connectivity index (χ0v) is 12.8. The molecule has 0 aromatic heterocycles. The number of rotatable bonds is 6. The molecule has 1 aromatic carbocycles. The maximum atomic E-state index is 14.0. The highest BCUT2D eigenvalue weighted by Gasteiger charge is 2.26. The molecule has 0 saturated carbocycles. The van der Waals surface area contributed by atoms with Crippen LogP contribution >= 0.6 is 15.9 Å². The molecule has 0 heterocycles. The minimum Gasteiger partial charge on any atom is -0.478 e. The summed E-state index contributed by atoms with van der Waals surface area (Å²) in [6.07, 6.45) is 0.153. The lowest BCUT2D eigenvalue weighted by Gasteiger charge is -2.14. The summed E-state index contributed by atoms with van der Waals surface area (Å²) in [6, 6.07) is 1.35. The summed E-state index contributed by atoms with van der Waals surface area (Å²) in [5, 5.41) is 17.6. The Bertz CT molecular complexity index is 619. The van der Waals surface area contributed by atoms with Crippen LogP contribution in [0.25, 0.3) is 0 Å². The molecule has 3 N–H and O–H groups in total. The molecule has 112 valence electrons. The summed E-state index contributed by atoms with van der Waals surface area (Å²) < 4.78 is 40.3. The van der Waals surface area contributed by atoms with Crippen LogP contribution in [0.4, 0.5) is 4.39 Å². The molecule has 1 rings (SSSR count). The van der Waals surface area contributed by atoms with E-state index in [4.69, 9.17) is 10.2 Å². The summed E-state index contributed by atoms with van der Waals surface area (Å²) in [6.45, 7) is 1.27. The molecule has 9 heteroatoms. The zero-order valence-electron chi connectivity index (χ0n) is 10.4. The number of carboxylic acid groups (broad SMARTS) is 1. The standard InChI is InChI=1S/C11H13BrFNO5S/c1-6(2-3-15)14-20(18,19)9-5-7(12)4-8(10(9)13)11(16)17/h4-6,14-15H,2-3H2,1H3,(H,16,17). The number of nitrogens with one attached hydrogen (secondary N) is 1. The SMILES string of the molecule is CC(CCO)NS(=O)(=O)c1cc(Br)cc(C(=O)O)c1F. The van der Waals surface area contributed by atoms with Gasteiger partial charge in [-0.2, -0.15) is 0 Å². The first-order valence-corrected chi connectivity index (χ1v) is 7.82. The molecule has 0 fully saturated rings. The van der Waals surface area contributed by atoms with Gasteiger partial charge in [0.15, 0.2) is 5.82 Å². The summed E-state index contributed by atoms with van der Waals surface area (Å²) >= 11 is 2.94. The Hall–Kier alpha value is -1.03. The number of aliphatic hydroxyl groups is 1. The third-order valence-electron chi connectivity index (χ3n) is 2.44. The Labute approximate surface area is 123 Å². The minimum atomic E-state index is -4.22. The van der Waals surface area contributed by atoms with Crippen LogP contribution in [-0.2, 0) is 10.0 Å². The second-order valence-corrected chi connectivity index (χ2v) is 6.70. The Kier molecular flexibility index (Phi) is 5.63. The third-order valence-corrected chi connectivity index (χ3v) is 4.49. The summed E-state index contributed by atoms with van der Waals surface area (Å²) in [5.74, 6) is -2.90. The predicted molar refractivity (Wildman–Crippen MR) is 72.5 cm³/mol. The number of hydrogen-bond acceptors (Lipinski definition) is 4. The highest BCUT2D eigenvalue weighted by atomic mass is 79.9. The number of carboxylic acids is 1. The maximum Gasteiger partial charge on any atom is 0.338 e. The van der Waals surface area contributed by atoms with Crippen LogP contribution in [0.3, 0.4) is 0 Å². The second-order valence-electron chi connectivity index (χ2n) is 4.11. The molecule has 1 aromatic rings. The van der Waals surface area contributed by atoms with E-state index in [2.05, 4.69) is 20.7 Å². The van der Waals surface area contributed by atoms with Gasteiger partial charge in [-0.15, -0.1) is 0 Å². The first kappa shape index (κ1) is 17.0. The minimum absolute atomic E-state index is 0.131. The van der Waals surface area contributed by atoms with Crippen LogP contribution in [0.2, 0.25) is 0 Å². The van der Waals surface area contributed by atoms with E-state index in [-0.39, 0.29) is 17.5 Å². The van der Waals surface area contributed by atoms with Gasteiger partial charge >= 0.3 is 5.97 Å². The number of benzene rings is 1. The molecule has 0 amide bonds. The van der Waals surface area contributed by atoms with Gasteiger partial charge in [0.2, 0.25) is 10.0 Å².